The Hall–Kier alpha value is -2.37. The molecule has 0 bridgehead atoms. The van der Waals surface area contributed by atoms with Crippen molar-refractivity contribution >= 4 is 15.9 Å². The van der Waals surface area contributed by atoms with Gasteiger partial charge in [-0.15, -0.1) is 0 Å². The molecule has 4 rings (SSSR count). The number of nitriles is 1. The summed E-state index contributed by atoms with van der Waals surface area (Å²) in [6.45, 7) is 5.07. The number of piperidine rings is 1. The van der Waals surface area contributed by atoms with Crippen LogP contribution in [-0.4, -0.2) is 43.9 Å². The zero-order valence-electron chi connectivity index (χ0n) is 17.4. The van der Waals surface area contributed by atoms with Crippen LogP contribution in [0.15, 0.2) is 33.6 Å². The number of benzene rings is 1. The largest absolute Gasteiger partial charge is 0.419 e. The molecular weight excluding hydrogens is 400 g/mol. The summed E-state index contributed by atoms with van der Waals surface area (Å²) in [6.07, 6.45) is 6.09. The molecule has 2 aliphatic rings. The van der Waals surface area contributed by atoms with Crippen molar-refractivity contribution < 1.29 is 12.8 Å². The molecule has 0 amide bonds. The highest BCUT2D eigenvalue weighted by molar-refractivity contribution is 7.89. The standard InChI is InChI=1S/C22H28N4O3S/c1-17-10-14-25(15-11-17)22-20(16-23)24-21(29-22)18-6-8-19(9-7-18)30(27,28)26-12-4-2-3-5-13-26/h6-9,17H,2-5,10-15H2,1H3. The van der Waals surface area contributed by atoms with Crippen molar-refractivity contribution in [2.45, 2.75) is 50.3 Å². The van der Waals surface area contributed by atoms with Crippen LogP contribution in [0.25, 0.3) is 11.5 Å². The summed E-state index contributed by atoms with van der Waals surface area (Å²) >= 11 is 0. The molecule has 0 spiro atoms. The first-order valence-electron chi connectivity index (χ1n) is 10.8. The molecule has 0 atom stereocenters. The number of hydrogen-bond donors (Lipinski definition) is 0. The number of sulfonamides is 1. The molecule has 7 nitrogen and oxygen atoms in total. The Balaban J connectivity index is 1.56. The average Bonchev–Trinajstić information content (AvgIpc) is 2.99. The molecule has 30 heavy (non-hydrogen) atoms. The van der Waals surface area contributed by atoms with Crippen molar-refractivity contribution in [3.63, 3.8) is 0 Å². The Morgan fingerprint density at radius 2 is 1.67 bits per heavy atom. The number of hydrogen-bond acceptors (Lipinski definition) is 6. The predicted molar refractivity (Wildman–Crippen MR) is 114 cm³/mol. The van der Waals surface area contributed by atoms with Gasteiger partial charge in [-0.1, -0.05) is 19.8 Å². The molecule has 2 aromatic rings. The quantitative estimate of drug-likeness (QED) is 0.731. The van der Waals surface area contributed by atoms with Gasteiger partial charge in [-0.3, -0.25) is 0 Å². The number of oxazole rings is 1. The van der Waals surface area contributed by atoms with Gasteiger partial charge in [-0.05, 0) is 55.9 Å². The van der Waals surface area contributed by atoms with E-state index in [0.29, 0.717) is 36.3 Å². The van der Waals surface area contributed by atoms with Crippen molar-refractivity contribution in [3.05, 3.63) is 30.0 Å². The first-order chi connectivity index (χ1) is 14.5. The molecule has 0 radical (unpaired) electrons. The number of nitrogens with zero attached hydrogens (tertiary/aromatic N) is 4. The van der Waals surface area contributed by atoms with Crippen LogP contribution in [-0.2, 0) is 10.0 Å². The van der Waals surface area contributed by atoms with E-state index in [4.69, 9.17) is 4.42 Å². The van der Waals surface area contributed by atoms with Gasteiger partial charge in [0.1, 0.15) is 6.07 Å². The first kappa shape index (κ1) is 20.9. The maximum absolute atomic E-state index is 13.0. The molecule has 8 heteroatoms. The van der Waals surface area contributed by atoms with E-state index in [0.717, 1.165) is 51.6 Å². The first-order valence-corrected chi connectivity index (χ1v) is 12.2. The Morgan fingerprint density at radius 3 is 2.27 bits per heavy atom. The van der Waals surface area contributed by atoms with E-state index in [1.54, 1.807) is 28.6 Å². The topological polar surface area (TPSA) is 90.4 Å². The molecule has 0 saturated carbocycles. The fourth-order valence-electron chi connectivity index (χ4n) is 4.13. The predicted octanol–water partition coefficient (Wildman–Crippen LogP) is 4.01. The van der Waals surface area contributed by atoms with Gasteiger partial charge in [-0.25, -0.2) is 8.42 Å². The van der Waals surface area contributed by atoms with Gasteiger partial charge in [0, 0.05) is 31.7 Å². The third-order valence-corrected chi connectivity index (χ3v) is 8.00. The summed E-state index contributed by atoms with van der Waals surface area (Å²) in [4.78, 5) is 6.72. The maximum atomic E-state index is 13.0. The molecule has 1 aromatic heterocycles. The molecular formula is C22H28N4O3S. The van der Waals surface area contributed by atoms with Crippen LogP contribution in [0.5, 0.6) is 0 Å². The van der Waals surface area contributed by atoms with Crippen molar-refractivity contribution in [2.75, 3.05) is 31.1 Å². The van der Waals surface area contributed by atoms with Crippen LogP contribution in [0.1, 0.15) is 51.1 Å². The molecule has 2 fully saturated rings. The Kier molecular flexibility index (Phi) is 6.11. The van der Waals surface area contributed by atoms with Gasteiger partial charge in [0.25, 0.3) is 0 Å². The zero-order valence-corrected chi connectivity index (χ0v) is 18.2. The highest BCUT2D eigenvalue weighted by Gasteiger charge is 2.26. The van der Waals surface area contributed by atoms with E-state index in [1.807, 2.05) is 0 Å². The lowest BCUT2D eigenvalue weighted by atomic mass is 9.99. The highest BCUT2D eigenvalue weighted by atomic mass is 32.2. The third kappa shape index (κ3) is 4.23. The van der Waals surface area contributed by atoms with Gasteiger partial charge < -0.3 is 9.32 Å². The van der Waals surface area contributed by atoms with Crippen molar-refractivity contribution in [3.8, 4) is 17.5 Å². The summed E-state index contributed by atoms with van der Waals surface area (Å²) in [5, 5.41) is 9.50. The minimum absolute atomic E-state index is 0.279. The summed E-state index contributed by atoms with van der Waals surface area (Å²) in [6, 6.07) is 8.76. The second-order valence-electron chi connectivity index (χ2n) is 8.30. The van der Waals surface area contributed by atoms with Crippen LogP contribution in [0, 0.1) is 17.2 Å². The van der Waals surface area contributed by atoms with Crippen LogP contribution in [0.4, 0.5) is 5.88 Å². The van der Waals surface area contributed by atoms with E-state index in [-0.39, 0.29) is 10.6 Å². The molecule has 0 aliphatic carbocycles. The monoisotopic (exact) mass is 428 g/mol. The second kappa shape index (κ2) is 8.78. The smallest absolute Gasteiger partial charge is 0.243 e. The molecule has 2 aliphatic heterocycles. The van der Waals surface area contributed by atoms with Gasteiger partial charge in [0.05, 0.1) is 4.90 Å². The lowest BCUT2D eigenvalue weighted by Crippen LogP contribution is -2.32. The zero-order chi connectivity index (χ0) is 21.1. The lowest BCUT2D eigenvalue weighted by molar-refractivity contribution is 0.418. The van der Waals surface area contributed by atoms with Crippen molar-refractivity contribution in [1.82, 2.24) is 9.29 Å². The minimum atomic E-state index is -3.49. The summed E-state index contributed by atoms with van der Waals surface area (Å²) in [5.41, 5.74) is 0.943. The Morgan fingerprint density at radius 1 is 1.03 bits per heavy atom. The fraction of sp³-hybridized carbons (Fsp3) is 0.545. The van der Waals surface area contributed by atoms with Gasteiger partial charge in [0.2, 0.25) is 27.5 Å². The van der Waals surface area contributed by atoms with Gasteiger partial charge in [-0.2, -0.15) is 14.6 Å². The number of aromatic nitrogens is 1. The minimum Gasteiger partial charge on any atom is -0.419 e. The van der Waals surface area contributed by atoms with Crippen molar-refractivity contribution in [2.24, 2.45) is 5.92 Å². The molecule has 0 unspecified atom stereocenters. The molecule has 2 saturated heterocycles. The Bertz CT molecular complexity index is 1010. The van der Waals surface area contributed by atoms with E-state index in [2.05, 4.69) is 22.9 Å². The summed E-state index contributed by atoms with van der Waals surface area (Å²) < 4.78 is 33.5. The number of anilines is 1. The van der Waals surface area contributed by atoms with Gasteiger partial charge >= 0.3 is 0 Å². The van der Waals surface area contributed by atoms with Crippen LogP contribution in [0.3, 0.4) is 0 Å². The van der Waals surface area contributed by atoms with Crippen LogP contribution >= 0.6 is 0 Å². The third-order valence-electron chi connectivity index (χ3n) is 6.09. The second-order valence-corrected chi connectivity index (χ2v) is 10.2. The van der Waals surface area contributed by atoms with Crippen LogP contribution < -0.4 is 4.90 Å². The van der Waals surface area contributed by atoms with Crippen LogP contribution in [0.2, 0.25) is 0 Å². The van der Waals surface area contributed by atoms with E-state index in [1.165, 1.54) is 0 Å². The maximum Gasteiger partial charge on any atom is 0.243 e. The molecule has 0 N–H and O–H groups in total. The molecule has 3 heterocycles. The normalized spacial score (nSPS) is 19.4. The van der Waals surface area contributed by atoms with Gasteiger partial charge in [0.15, 0.2) is 0 Å². The van der Waals surface area contributed by atoms with E-state index < -0.39 is 10.0 Å². The fourth-order valence-corrected chi connectivity index (χ4v) is 5.65. The average molecular weight is 429 g/mol. The van der Waals surface area contributed by atoms with E-state index >= 15 is 0 Å². The van der Waals surface area contributed by atoms with E-state index in [9.17, 15) is 13.7 Å². The molecule has 1 aromatic carbocycles. The highest BCUT2D eigenvalue weighted by Crippen LogP contribution is 2.31. The summed E-state index contributed by atoms with van der Waals surface area (Å²) in [5.74, 6) is 1.53. The Labute approximate surface area is 178 Å². The number of rotatable bonds is 4. The molecule has 160 valence electrons. The summed E-state index contributed by atoms with van der Waals surface area (Å²) in [7, 11) is -3.49. The van der Waals surface area contributed by atoms with Crippen molar-refractivity contribution in [1.29, 1.82) is 5.26 Å². The lowest BCUT2D eigenvalue weighted by Gasteiger charge is -2.29. The SMILES string of the molecule is CC1CCN(c2oc(-c3ccc(S(=O)(=O)N4CCCCCC4)cc3)nc2C#N)CC1.